The van der Waals surface area contributed by atoms with Crippen molar-refractivity contribution in [2.75, 3.05) is 5.73 Å². The highest BCUT2D eigenvalue weighted by Gasteiger charge is 2.32. The zero-order valence-corrected chi connectivity index (χ0v) is 16.6. The molecular formula is C24H18F2N4O. The minimum absolute atomic E-state index is 0.00541. The first kappa shape index (κ1) is 19.0. The van der Waals surface area contributed by atoms with Crippen LogP contribution in [-0.4, -0.2) is 9.55 Å². The van der Waals surface area contributed by atoms with Crippen LogP contribution in [0.4, 0.5) is 14.5 Å². The Balaban J connectivity index is 1.79. The third kappa shape index (κ3) is 3.15. The van der Waals surface area contributed by atoms with E-state index in [1.54, 1.807) is 6.07 Å². The predicted octanol–water partition coefficient (Wildman–Crippen LogP) is 4.81. The minimum atomic E-state index is -0.784. The quantitative estimate of drug-likeness (QED) is 0.406. The van der Waals surface area contributed by atoms with Gasteiger partial charge in [-0.3, -0.25) is 9.98 Å². The maximum Gasteiger partial charge on any atom is 0.228 e. The van der Waals surface area contributed by atoms with E-state index in [4.69, 9.17) is 15.9 Å². The molecule has 0 spiro atoms. The summed E-state index contributed by atoms with van der Waals surface area (Å²) in [6.45, 7) is 1.97. The standard InChI is InChI=1S/C24H18F2N4O/c1-13-5-7-17-20(9-13)31-24-22(21(17)14-3-2-4-16(27)10-14)23(28)30(12-29-24)19-8-6-15(25)11-18(19)26/h2-12,21,28H,27H2,1H3. The number of anilines is 1. The van der Waals surface area contributed by atoms with E-state index < -0.39 is 11.6 Å². The van der Waals surface area contributed by atoms with Crippen LogP contribution >= 0.6 is 0 Å². The number of benzene rings is 3. The van der Waals surface area contributed by atoms with Crippen LogP contribution in [0.3, 0.4) is 0 Å². The molecule has 1 aliphatic heterocycles. The van der Waals surface area contributed by atoms with E-state index in [2.05, 4.69) is 4.98 Å². The van der Waals surface area contributed by atoms with Crippen molar-refractivity contribution in [3.05, 3.63) is 106 Å². The Hall–Kier alpha value is -4.00. The SMILES string of the molecule is Cc1ccc2c(c1)Oc1ncn(-c3ccc(F)cc3F)c(=N)c1C2c1cccc(N)c1. The number of hydrogen-bond acceptors (Lipinski definition) is 4. The summed E-state index contributed by atoms with van der Waals surface area (Å²) in [4.78, 5) is 4.38. The van der Waals surface area contributed by atoms with E-state index in [0.717, 1.165) is 28.8 Å². The van der Waals surface area contributed by atoms with E-state index in [1.165, 1.54) is 17.0 Å². The first-order chi connectivity index (χ1) is 14.9. The molecule has 7 heteroatoms. The lowest BCUT2D eigenvalue weighted by Gasteiger charge is -2.29. The van der Waals surface area contributed by atoms with Crippen LogP contribution in [-0.2, 0) is 0 Å². The molecular weight excluding hydrogens is 398 g/mol. The van der Waals surface area contributed by atoms with Crippen LogP contribution in [0.1, 0.15) is 28.2 Å². The largest absolute Gasteiger partial charge is 0.438 e. The fraction of sp³-hybridized carbons (Fsp3) is 0.0833. The van der Waals surface area contributed by atoms with Gasteiger partial charge in [-0.2, -0.15) is 0 Å². The Morgan fingerprint density at radius 1 is 1.06 bits per heavy atom. The van der Waals surface area contributed by atoms with Crippen molar-refractivity contribution in [1.82, 2.24) is 9.55 Å². The molecule has 3 aromatic carbocycles. The van der Waals surface area contributed by atoms with E-state index in [0.29, 0.717) is 17.0 Å². The van der Waals surface area contributed by atoms with Crippen LogP contribution in [0.15, 0.2) is 67.0 Å². The number of halogens is 2. The highest BCUT2D eigenvalue weighted by atomic mass is 19.1. The number of aryl methyl sites for hydroxylation is 1. The second kappa shape index (κ2) is 7.05. The molecule has 1 aliphatic rings. The number of ether oxygens (including phenoxy) is 1. The van der Waals surface area contributed by atoms with Crippen LogP contribution in [0.2, 0.25) is 0 Å². The number of nitrogens with one attached hydrogen (secondary N) is 1. The molecule has 5 rings (SSSR count). The van der Waals surface area contributed by atoms with Crippen LogP contribution in [0, 0.1) is 24.0 Å². The molecule has 4 aromatic rings. The summed E-state index contributed by atoms with van der Waals surface area (Å²) in [5, 5.41) is 8.88. The van der Waals surface area contributed by atoms with Gasteiger partial charge in [0, 0.05) is 23.2 Å². The summed E-state index contributed by atoms with van der Waals surface area (Å²) in [6, 6.07) is 16.5. The lowest BCUT2D eigenvalue weighted by Crippen LogP contribution is -2.29. The van der Waals surface area contributed by atoms with E-state index >= 15 is 0 Å². The monoisotopic (exact) mass is 416 g/mol. The van der Waals surface area contributed by atoms with Gasteiger partial charge in [0.2, 0.25) is 5.88 Å². The molecule has 31 heavy (non-hydrogen) atoms. The summed E-state index contributed by atoms with van der Waals surface area (Å²) >= 11 is 0. The van der Waals surface area contributed by atoms with Crippen molar-refractivity contribution in [3.8, 4) is 17.3 Å². The molecule has 0 saturated heterocycles. The Labute approximate surface area is 176 Å². The van der Waals surface area contributed by atoms with Gasteiger partial charge in [-0.25, -0.2) is 13.8 Å². The van der Waals surface area contributed by atoms with Gasteiger partial charge in [-0.05, 0) is 48.4 Å². The molecule has 0 aliphatic carbocycles. The molecule has 0 saturated carbocycles. The van der Waals surface area contributed by atoms with Gasteiger partial charge >= 0.3 is 0 Å². The third-order valence-electron chi connectivity index (χ3n) is 5.41. The number of nitrogen functional groups attached to an aromatic ring is 1. The zero-order valence-electron chi connectivity index (χ0n) is 16.6. The second-order valence-electron chi connectivity index (χ2n) is 7.52. The van der Waals surface area contributed by atoms with Crippen molar-refractivity contribution in [2.45, 2.75) is 12.8 Å². The van der Waals surface area contributed by atoms with Crippen LogP contribution in [0.5, 0.6) is 11.6 Å². The minimum Gasteiger partial charge on any atom is -0.438 e. The number of rotatable bonds is 2. The lowest BCUT2D eigenvalue weighted by molar-refractivity contribution is 0.426. The van der Waals surface area contributed by atoms with Gasteiger partial charge in [0.05, 0.1) is 11.3 Å². The Bertz CT molecular complexity index is 1400. The average Bonchev–Trinajstić information content (AvgIpc) is 2.73. The van der Waals surface area contributed by atoms with Crippen molar-refractivity contribution in [2.24, 2.45) is 0 Å². The summed E-state index contributed by atoms with van der Waals surface area (Å²) < 4.78 is 35.2. The van der Waals surface area contributed by atoms with E-state index in [1.807, 2.05) is 43.3 Å². The molecule has 154 valence electrons. The normalized spacial score (nSPS) is 14.5. The van der Waals surface area contributed by atoms with Gasteiger partial charge in [0.15, 0.2) is 0 Å². The highest BCUT2D eigenvalue weighted by Crippen LogP contribution is 2.45. The van der Waals surface area contributed by atoms with E-state index in [-0.39, 0.29) is 23.0 Å². The highest BCUT2D eigenvalue weighted by molar-refractivity contribution is 5.58. The Morgan fingerprint density at radius 2 is 1.90 bits per heavy atom. The Morgan fingerprint density at radius 3 is 2.68 bits per heavy atom. The van der Waals surface area contributed by atoms with Gasteiger partial charge in [-0.15, -0.1) is 0 Å². The maximum absolute atomic E-state index is 14.5. The third-order valence-corrected chi connectivity index (χ3v) is 5.41. The topological polar surface area (TPSA) is 76.9 Å². The van der Waals surface area contributed by atoms with Crippen molar-refractivity contribution in [3.63, 3.8) is 0 Å². The smallest absolute Gasteiger partial charge is 0.228 e. The molecule has 2 heterocycles. The number of nitrogens with zero attached hydrogens (tertiary/aromatic N) is 2. The van der Waals surface area contributed by atoms with Crippen molar-refractivity contribution < 1.29 is 13.5 Å². The van der Waals surface area contributed by atoms with E-state index in [9.17, 15) is 8.78 Å². The molecule has 1 aromatic heterocycles. The number of nitrogens with two attached hydrogens (primary N) is 1. The predicted molar refractivity (Wildman–Crippen MR) is 112 cm³/mol. The fourth-order valence-corrected chi connectivity index (χ4v) is 3.98. The number of fused-ring (bicyclic) bond motifs is 2. The number of hydrogen-bond donors (Lipinski definition) is 2. The van der Waals surface area contributed by atoms with Crippen LogP contribution in [0.25, 0.3) is 5.69 Å². The summed E-state index contributed by atoms with van der Waals surface area (Å²) in [7, 11) is 0. The molecule has 0 fully saturated rings. The molecule has 3 N–H and O–H groups in total. The second-order valence-corrected chi connectivity index (χ2v) is 7.52. The van der Waals surface area contributed by atoms with Crippen molar-refractivity contribution >= 4 is 5.69 Å². The zero-order chi connectivity index (χ0) is 21.7. The van der Waals surface area contributed by atoms with Gasteiger partial charge in [0.1, 0.15) is 29.2 Å². The Kier molecular flexibility index (Phi) is 4.32. The summed E-state index contributed by atoms with van der Waals surface area (Å²) in [6.07, 6.45) is 1.31. The molecule has 0 radical (unpaired) electrons. The van der Waals surface area contributed by atoms with Gasteiger partial charge < -0.3 is 10.5 Å². The number of aromatic nitrogens is 2. The molecule has 5 nitrogen and oxygen atoms in total. The van der Waals surface area contributed by atoms with Gasteiger partial charge in [0.25, 0.3) is 0 Å². The first-order valence-electron chi connectivity index (χ1n) is 9.68. The summed E-state index contributed by atoms with van der Waals surface area (Å²) in [5.41, 5.74) is 9.88. The van der Waals surface area contributed by atoms with Gasteiger partial charge in [-0.1, -0.05) is 24.3 Å². The fourth-order valence-electron chi connectivity index (χ4n) is 3.98. The molecule has 0 amide bonds. The summed E-state index contributed by atoms with van der Waals surface area (Å²) in [5.74, 6) is -0.941. The van der Waals surface area contributed by atoms with Crippen LogP contribution < -0.4 is 16.0 Å². The first-order valence-corrected chi connectivity index (χ1v) is 9.68. The maximum atomic E-state index is 14.5. The average molecular weight is 416 g/mol. The molecule has 1 atom stereocenters. The molecule has 0 bridgehead atoms. The molecule has 1 unspecified atom stereocenters. The van der Waals surface area contributed by atoms with Crippen molar-refractivity contribution in [1.29, 1.82) is 5.41 Å². The lowest BCUT2D eigenvalue weighted by atomic mass is 9.83.